The molecule has 0 aromatic rings. The Bertz CT molecular complexity index is 1370. The van der Waals surface area contributed by atoms with Crippen molar-refractivity contribution in [1.29, 1.82) is 0 Å². The Balaban J connectivity index is 2.26. The summed E-state index contributed by atoms with van der Waals surface area (Å²) in [5.74, 6) is -0.346. The van der Waals surface area contributed by atoms with E-state index < -0.39 is 43.4 Å². The van der Waals surface area contributed by atoms with Gasteiger partial charge in [0.15, 0.2) is 6.29 Å². The summed E-state index contributed by atoms with van der Waals surface area (Å²) in [7, 11) is 0. The van der Waals surface area contributed by atoms with Crippen LogP contribution in [0.1, 0.15) is 181 Å². The molecular weight excluding hydrogens is 829 g/mol. The van der Waals surface area contributed by atoms with Gasteiger partial charge in [-0.2, -0.15) is 0 Å². The number of allylic oxidation sites excluding steroid dienone is 18. The zero-order valence-corrected chi connectivity index (χ0v) is 41.4. The van der Waals surface area contributed by atoms with Crippen molar-refractivity contribution in [2.24, 2.45) is 0 Å². The first-order chi connectivity index (χ1) is 32.4. The van der Waals surface area contributed by atoms with Crippen LogP contribution < -0.4 is 0 Å². The second kappa shape index (κ2) is 46.9. The van der Waals surface area contributed by atoms with Gasteiger partial charge in [0.1, 0.15) is 30.5 Å². The summed E-state index contributed by atoms with van der Waals surface area (Å²) in [6.07, 6.45) is 59.7. The minimum Gasteiger partial charge on any atom is -0.457 e. The number of rotatable bonds is 43. The number of aliphatic hydroxyl groups is 4. The number of carbonyl (C=O) groups is 1. The third-order valence-corrected chi connectivity index (χ3v) is 11.2. The summed E-state index contributed by atoms with van der Waals surface area (Å²) in [4.78, 5) is 12.8. The molecule has 0 aliphatic carbocycles. The molecule has 6 atom stereocenters. The predicted octanol–water partition coefficient (Wildman–Crippen LogP) is 12.9. The molecule has 1 aliphatic heterocycles. The van der Waals surface area contributed by atoms with Crippen LogP contribution in [-0.2, 0) is 23.7 Å². The molecule has 0 radical (unpaired) electrons. The van der Waals surface area contributed by atoms with Gasteiger partial charge < -0.3 is 39.4 Å². The minimum absolute atomic E-state index is 0.120. The van der Waals surface area contributed by atoms with Crippen molar-refractivity contribution in [1.82, 2.24) is 0 Å². The summed E-state index contributed by atoms with van der Waals surface area (Å²) >= 11 is 0. The molecule has 4 N–H and O–H groups in total. The third kappa shape index (κ3) is 36.9. The highest BCUT2D eigenvalue weighted by molar-refractivity contribution is 5.69. The van der Waals surface area contributed by atoms with Crippen LogP contribution in [0.5, 0.6) is 0 Å². The van der Waals surface area contributed by atoms with Crippen LogP contribution in [0.15, 0.2) is 109 Å². The smallest absolute Gasteiger partial charge is 0.306 e. The van der Waals surface area contributed by atoms with Crippen molar-refractivity contribution in [3.05, 3.63) is 109 Å². The summed E-state index contributed by atoms with van der Waals surface area (Å²) in [6, 6.07) is 0. The Kier molecular flexibility index (Phi) is 43.3. The van der Waals surface area contributed by atoms with E-state index >= 15 is 0 Å². The molecule has 376 valence electrons. The quantitative estimate of drug-likeness (QED) is 0.0268. The lowest BCUT2D eigenvalue weighted by atomic mass is 9.99. The molecule has 1 saturated heterocycles. The first kappa shape index (κ1) is 60.9. The molecule has 0 amide bonds. The van der Waals surface area contributed by atoms with Crippen molar-refractivity contribution in [2.75, 3.05) is 26.4 Å². The van der Waals surface area contributed by atoms with Crippen LogP contribution in [0, 0.1) is 0 Å². The number of unbranched alkanes of at least 4 members (excludes halogenated alkanes) is 14. The molecule has 9 nitrogen and oxygen atoms in total. The standard InChI is InChI=1S/C57H94O9/c1-3-5-7-9-11-13-15-17-19-21-23-25-26-27-28-30-32-34-36-38-40-42-44-46-53(59)65-51(50-64-57-56(62)55(61)54(60)52(48-58)66-57)49-63-47-45-43-41-39-37-35-33-31-29-24-22-20-18-16-14-12-10-8-6-4-2/h5,7,11-14,17-20,23-25,27-29,32,34,51-52,54-58,60-62H,3-4,6,8-10,15-16,21-22,26,30-31,33,35-50H2,1-2H3/b7-5-,13-11-,14-12-,19-17-,20-18-,25-23-,28-27-,29-24-,34-32-. The normalized spacial score (nSPS) is 20.2. The van der Waals surface area contributed by atoms with E-state index in [0.29, 0.717) is 6.61 Å². The highest BCUT2D eigenvalue weighted by atomic mass is 16.7. The molecule has 0 aromatic carbocycles. The van der Waals surface area contributed by atoms with E-state index in [1.54, 1.807) is 0 Å². The molecule has 1 heterocycles. The Morgan fingerprint density at radius 2 is 0.924 bits per heavy atom. The molecular formula is C57H94O9. The van der Waals surface area contributed by atoms with Gasteiger partial charge in [-0.1, -0.05) is 181 Å². The highest BCUT2D eigenvalue weighted by Crippen LogP contribution is 2.22. The van der Waals surface area contributed by atoms with E-state index in [2.05, 4.69) is 123 Å². The van der Waals surface area contributed by atoms with Gasteiger partial charge in [-0.3, -0.25) is 4.79 Å². The van der Waals surface area contributed by atoms with E-state index in [0.717, 1.165) is 109 Å². The highest BCUT2D eigenvalue weighted by Gasteiger charge is 2.44. The SMILES string of the molecule is CC/C=C\C/C=C\C/C=C\C/C=C\C/C=C\C/C=C\CCCCCCC(=O)OC(COCCCCCCCCC/C=C\C/C=C\C/C=C\CCCCC)COC1OC(CO)C(O)C(O)C1O. The van der Waals surface area contributed by atoms with Gasteiger partial charge in [-0.05, 0) is 103 Å². The molecule has 9 heteroatoms. The van der Waals surface area contributed by atoms with Gasteiger partial charge >= 0.3 is 5.97 Å². The fourth-order valence-electron chi connectivity index (χ4n) is 7.15. The van der Waals surface area contributed by atoms with Gasteiger partial charge in [-0.25, -0.2) is 0 Å². The monoisotopic (exact) mass is 923 g/mol. The van der Waals surface area contributed by atoms with Gasteiger partial charge in [-0.15, -0.1) is 0 Å². The largest absolute Gasteiger partial charge is 0.457 e. The molecule has 0 saturated carbocycles. The van der Waals surface area contributed by atoms with Crippen LogP contribution in [-0.4, -0.2) is 89.6 Å². The van der Waals surface area contributed by atoms with E-state index in [1.165, 1.54) is 51.4 Å². The average molecular weight is 923 g/mol. The van der Waals surface area contributed by atoms with Crippen LogP contribution >= 0.6 is 0 Å². The van der Waals surface area contributed by atoms with E-state index in [9.17, 15) is 25.2 Å². The van der Waals surface area contributed by atoms with Gasteiger partial charge in [0.25, 0.3) is 0 Å². The number of esters is 1. The van der Waals surface area contributed by atoms with Crippen molar-refractivity contribution < 1.29 is 44.2 Å². The molecule has 66 heavy (non-hydrogen) atoms. The maximum absolute atomic E-state index is 12.8. The summed E-state index contributed by atoms with van der Waals surface area (Å²) in [5, 5.41) is 40.3. The second-order valence-corrected chi connectivity index (χ2v) is 17.2. The lowest BCUT2D eigenvalue weighted by molar-refractivity contribution is -0.305. The topological polar surface area (TPSA) is 135 Å². The number of carbonyl (C=O) groups excluding carboxylic acids is 1. The molecule has 1 fully saturated rings. The van der Waals surface area contributed by atoms with Crippen molar-refractivity contribution in [2.45, 2.75) is 218 Å². The van der Waals surface area contributed by atoms with E-state index in [4.69, 9.17) is 18.9 Å². The molecule has 6 unspecified atom stereocenters. The first-order valence-corrected chi connectivity index (χ1v) is 26.0. The number of ether oxygens (including phenoxy) is 4. The van der Waals surface area contributed by atoms with Gasteiger partial charge in [0.05, 0.1) is 19.8 Å². The summed E-state index contributed by atoms with van der Waals surface area (Å²) < 4.78 is 22.9. The Hall–Kier alpha value is -3.15. The Morgan fingerprint density at radius 3 is 1.39 bits per heavy atom. The number of hydrogen-bond acceptors (Lipinski definition) is 9. The molecule has 0 aromatic heterocycles. The van der Waals surface area contributed by atoms with E-state index in [-0.39, 0.29) is 25.6 Å². The molecule has 0 spiro atoms. The maximum atomic E-state index is 12.8. The fraction of sp³-hybridized carbons (Fsp3) is 0.667. The third-order valence-electron chi connectivity index (χ3n) is 11.2. The van der Waals surface area contributed by atoms with E-state index in [1.807, 2.05) is 0 Å². The maximum Gasteiger partial charge on any atom is 0.306 e. The fourth-order valence-corrected chi connectivity index (χ4v) is 7.15. The number of hydrogen-bond donors (Lipinski definition) is 4. The van der Waals surface area contributed by atoms with Crippen LogP contribution in [0.25, 0.3) is 0 Å². The minimum atomic E-state index is -1.55. The molecule has 0 bridgehead atoms. The van der Waals surface area contributed by atoms with Crippen LogP contribution in [0.2, 0.25) is 0 Å². The lowest BCUT2D eigenvalue weighted by Gasteiger charge is -2.39. The first-order valence-electron chi connectivity index (χ1n) is 26.0. The summed E-state index contributed by atoms with van der Waals surface area (Å²) in [6.45, 7) is 4.35. The van der Waals surface area contributed by atoms with Gasteiger partial charge in [0.2, 0.25) is 0 Å². The zero-order valence-electron chi connectivity index (χ0n) is 41.4. The second-order valence-electron chi connectivity index (χ2n) is 17.2. The molecule has 1 aliphatic rings. The molecule has 1 rings (SSSR count). The predicted molar refractivity (Wildman–Crippen MR) is 274 cm³/mol. The van der Waals surface area contributed by atoms with Crippen LogP contribution in [0.4, 0.5) is 0 Å². The number of aliphatic hydroxyl groups excluding tert-OH is 4. The van der Waals surface area contributed by atoms with Gasteiger partial charge in [0, 0.05) is 13.0 Å². The van der Waals surface area contributed by atoms with Crippen LogP contribution in [0.3, 0.4) is 0 Å². The Labute approximate surface area is 402 Å². The Morgan fingerprint density at radius 1 is 0.500 bits per heavy atom. The average Bonchev–Trinajstić information content (AvgIpc) is 3.32. The lowest BCUT2D eigenvalue weighted by Crippen LogP contribution is -2.59. The van der Waals surface area contributed by atoms with Crippen molar-refractivity contribution in [3.8, 4) is 0 Å². The summed E-state index contributed by atoms with van der Waals surface area (Å²) in [5.41, 5.74) is 0. The van der Waals surface area contributed by atoms with Crippen molar-refractivity contribution >= 4 is 5.97 Å². The zero-order chi connectivity index (χ0) is 47.8. The van der Waals surface area contributed by atoms with Crippen molar-refractivity contribution in [3.63, 3.8) is 0 Å².